The molecule has 4 heteroatoms. The molecule has 0 saturated carbocycles. The second-order valence-electron chi connectivity index (χ2n) is 6.21. The minimum atomic E-state index is -0.452. The number of aliphatic hydroxyl groups is 1. The predicted octanol–water partition coefficient (Wildman–Crippen LogP) is 3.60. The van der Waals surface area contributed by atoms with E-state index in [0.717, 1.165) is 43.4 Å². The number of rotatable bonds is 5. The van der Waals surface area contributed by atoms with Gasteiger partial charge in [0.2, 0.25) is 0 Å². The van der Waals surface area contributed by atoms with Crippen molar-refractivity contribution in [3.63, 3.8) is 0 Å². The molecule has 1 aromatic rings. The molecule has 1 fully saturated rings. The van der Waals surface area contributed by atoms with Gasteiger partial charge in [0.25, 0.3) is 0 Å². The third-order valence-electron chi connectivity index (χ3n) is 4.42. The molecule has 22 heavy (non-hydrogen) atoms. The van der Waals surface area contributed by atoms with Crippen molar-refractivity contribution in [2.75, 3.05) is 6.54 Å². The van der Waals surface area contributed by atoms with Gasteiger partial charge in [-0.05, 0) is 43.7 Å². The minimum Gasteiger partial charge on any atom is -0.389 e. The van der Waals surface area contributed by atoms with Gasteiger partial charge in [0, 0.05) is 19.1 Å². The number of benzene rings is 1. The van der Waals surface area contributed by atoms with Crippen LogP contribution in [0.5, 0.6) is 0 Å². The molecule has 0 aromatic heterocycles. The fraction of sp³-hybridized carbons (Fsp3) is 0.611. The zero-order valence-corrected chi connectivity index (χ0v) is 13.7. The molecular weight excluding hydrogens is 276 g/mol. The Morgan fingerprint density at radius 2 is 2.09 bits per heavy atom. The summed E-state index contributed by atoms with van der Waals surface area (Å²) in [5.74, 6) is 0. The quantitative estimate of drug-likeness (QED) is 0.873. The number of nitrogens with zero attached hydrogens (tertiary/aromatic N) is 1. The van der Waals surface area contributed by atoms with E-state index in [1.54, 1.807) is 6.92 Å². The number of amides is 2. The number of carbonyl (C=O) groups is 1. The second-order valence-corrected chi connectivity index (χ2v) is 6.21. The number of urea groups is 1. The summed E-state index contributed by atoms with van der Waals surface area (Å²) < 4.78 is 0. The molecule has 2 amide bonds. The molecule has 122 valence electrons. The van der Waals surface area contributed by atoms with Gasteiger partial charge >= 0.3 is 6.03 Å². The van der Waals surface area contributed by atoms with Gasteiger partial charge in [-0.25, -0.2) is 4.79 Å². The highest BCUT2D eigenvalue weighted by Gasteiger charge is 2.25. The van der Waals surface area contributed by atoms with Crippen LogP contribution in [0.1, 0.15) is 63.2 Å². The van der Waals surface area contributed by atoms with Crippen molar-refractivity contribution in [3.8, 4) is 0 Å². The highest BCUT2D eigenvalue weighted by atomic mass is 16.3. The highest BCUT2D eigenvalue weighted by Crippen LogP contribution is 2.21. The third-order valence-corrected chi connectivity index (χ3v) is 4.42. The number of hydrogen-bond acceptors (Lipinski definition) is 2. The second kappa shape index (κ2) is 8.18. The Morgan fingerprint density at radius 3 is 2.73 bits per heavy atom. The number of piperidine rings is 1. The van der Waals surface area contributed by atoms with Gasteiger partial charge in [0.15, 0.2) is 0 Å². The Kier molecular flexibility index (Phi) is 6.25. The Morgan fingerprint density at radius 1 is 1.36 bits per heavy atom. The molecule has 2 unspecified atom stereocenters. The lowest BCUT2D eigenvalue weighted by Gasteiger charge is -2.35. The minimum absolute atomic E-state index is 0.0535. The maximum absolute atomic E-state index is 12.4. The fourth-order valence-electron chi connectivity index (χ4n) is 3.09. The lowest BCUT2D eigenvalue weighted by atomic mass is 9.99. The summed E-state index contributed by atoms with van der Waals surface area (Å²) in [5, 5.41) is 12.5. The topological polar surface area (TPSA) is 52.6 Å². The molecule has 1 aromatic carbocycles. The maximum atomic E-state index is 12.4. The molecule has 0 bridgehead atoms. The largest absolute Gasteiger partial charge is 0.389 e. The van der Waals surface area contributed by atoms with Crippen molar-refractivity contribution in [2.45, 2.75) is 64.6 Å². The molecule has 0 spiro atoms. The molecule has 1 aliphatic rings. The first-order valence-corrected chi connectivity index (χ1v) is 8.43. The summed E-state index contributed by atoms with van der Waals surface area (Å²) in [6, 6.07) is 8.19. The molecule has 1 heterocycles. The van der Waals surface area contributed by atoms with Crippen LogP contribution >= 0.6 is 0 Å². The van der Waals surface area contributed by atoms with Crippen LogP contribution in [0.4, 0.5) is 4.79 Å². The molecule has 0 aliphatic carbocycles. The van der Waals surface area contributed by atoms with Gasteiger partial charge in [-0.2, -0.15) is 0 Å². The van der Waals surface area contributed by atoms with Crippen LogP contribution in [0.2, 0.25) is 0 Å². The van der Waals surface area contributed by atoms with E-state index in [2.05, 4.69) is 12.2 Å². The molecule has 0 radical (unpaired) electrons. The van der Waals surface area contributed by atoms with Gasteiger partial charge in [-0.15, -0.1) is 0 Å². The zero-order valence-electron chi connectivity index (χ0n) is 13.7. The van der Waals surface area contributed by atoms with Gasteiger partial charge < -0.3 is 15.3 Å². The summed E-state index contributed by atoms with van der Waals surface area (Å²) in [5.41, 5.74) is 1.95. The van der Waals surface area contributed by atoms with Crippen molar-refractivity contribution in [2.24, 2.45) is 0 Å². The molecule has 2 atom stereocenters. The van der Waals surface area contributed by atoms with Crippen molar-refractivity contribution in [3.05, 3.63) is 35.4 Å². The van der Waals surface area contributed by atoms with Crippen LogP contribution in [0, 0.1) is 0 Å². The fourth-order valence-corrected chi connectivity index (χ4v) is 3.09. The molecule has 1 saturated heterocycles. The van der Waals surface area contributed by atoms with Gasteiger partial charge in [-0.1, -0.05) is 37.6 Å². The Bertz CT molecular complexity index is 468. The summed E-state index contributed by atoms with van der Waals surface area (Å²) in [6.45, 7) is 5.33. The summed E-state index contributed by atoms with van der Waals surface area (Å²) in [4.78, 5) is 14.4. The van der Waals surface area contributed by atoms with Gasteiger partial charge in [0.05, 0.1) is 6.10 Å². The zero-order chi connectivity index (χ0) is 15.9. The maximum Gasteiger partial charge on any atom is 0.317 e. The Hall–Kier alpha value is -1.55. The molecule has 2 N–H and O–H groups in total. The van der Waals surface area contributed by atoms with Crippen LogP contribution < -0.4 is 5.32 Å². The van der Waals surface area contributed by atoms with Crippen LogP contribution in [-0.2, 0) is 6.54 Å². The van der Waals surface area contributed by atoms with Gasteiger partial charge in [-0.3, -0.25) is 0 Å². The summed E-state index contributed by atoms with van der Waals surface area (Å²) in [6.07, 6.45) is 5.23. The van der Waals surface area contributed by atoms with E-state index in [1.165, 1.54) is 6.42 Å². The molecule has 1 aliphatic heterocycles. The average Bonchev–Trinajstić information content (AvgIpc) is 2.54. The van der Waals surface area contributed by atoms with Crippen LogP contribution in [-0.4, -0.2) is 28.6 Å². The predicted molar refractivity (Wildman–Crippen MR) is 88.6 cm³/mol. The Balaban J connectivity index is 1.88. The monoisotopic (exact) mass is 304 g/mol. The van der Waals surface area contributed by atoms with Crippen molar-refractivity contribution in [1.82, 2.24) is 10.2 Å². The smallest absolute Gasteiger partial charge is 0.317 e. The van der Waals surface area contributed by atoms with Crippen LogP contribution in [0.3, 0.4) is 0 Å². The van der Waals surface area contributed by atoms with E-state index in [1.807, 2.05) is 29.2 Å². The molecule has 2 rings (SSSR count). The lowest BCUT2D eigenvalue weighted by molar-refractivity contribution is 0.145. The van der Waals surface area contributed by atoms with E-state index in [-0.39, 0.29) is 6.03 Å². The third kappa shape index (κ3) is 4.47. The number of aliphatic hydroxyl groups excluding tert-OH is 1. The first-order chi connectivity index (χ1) is 10.6. The van der Waals surface area contributed by atoms with E-state index in [4.69, 9.17) is 0 Å². The van der Waals surface area contributed by atoms with E-state index >= 15 is 0 Å². The van der Waals surface area contributed by atoms with E-state index in [0.29, 0.717) is 12.6 Å². The van der Waals surface area contributed by atoms with Crippen molar-refractivity contribution in [1.29, 1.82) is 0 Å². The highest BCUT2D eigenvalue weighted by molar-refractivity contribution is 5.74. The SMILES string of the molecule is CCCC1CCCCN1C(=O)NCc1ccc(C(C)O)cc1. The lowest BCUT2D eigenvalue weighted by Crippen LogP contribution is -2.48. The number of carbonyl (C=O) groups excluding carboxylic acids is 1. The standard InChI is InChI=1S/C18H28N2O2/c1-3-6-17-7-4-5-12-20(17)18(22)19-13-15-8-10-16(11-9-15)14(2)21/h8-11,14,17,21H,3-7,12-13H2,1-2H3,(H,19,22). The van der Waals surface area contributed by atoms with Crippen molar-refractivity contribution < 1.29 is 9.90 Å². The number of hydrogen-bond donors (Lipinski definition) is 2. The van der Waals surface area contributed by atoms with Crippen LogP contribution in [0.15, 0.2) is 24.3 Å². The normalized spacial score (nSPS) is 19.8. The summed E-state index contributed by atoms with van der Waals surface area (Å²) >= 11 is 0. The van der Waals surface area contributed by atoms with Crippen LogP contribution in [0.25, 0.3) is 0 Å². The number of likely N-dealkylation sites (tertiary alicyclic amines) is 1. The molecule has 4 nitrogen and oxygen atoms in total. The first-order valence-electron chi connectivity index (χ1n) is 8.43. The Labute approximate surface area is 133 Å². The molecular formula is C18H28N2O2. The van der Waals surface area contributed by atoms with Gasteiger partial charge in [0.1, 0.15) is 0 Å². The average molecular weight is 304 g/mol. The van der Waals surface area contributed by atoms with E-state index < -0.39 is 6.10 Å². The van der Waals surface area contributed by atoms with Crippen molar-refractivity contribution >= 4 is 6.03 Å². The first kappa shape index (κ1) is 16.8. The van der Waals surface area contributed by atoms with E-state index in [9.17, 15) is 9.90 Å². The summed E-state index contributed by atoms with van der Waals surface area (Å²) in [7, 11) is 0. The number of nitrogens with one attached hydrogen (secondary N) is 1.